The molecule has 0 unspecified atom stereocenters. The summed E-state index contributed by atoms with van der Waals surface area (Å²) in [6.45, 7) is 1.86. The van der Waals surface area contributed by atoms with Crippen LogP contribution in [0.3, 0.4) is 0 Å². The molecule has 0 amide bonds. The van der Waals surface area contributed by atoms with Crippen LogP contribution in [0.25, 0.3) is 0 Å². The molecule has 13 heavy (non-hydrogen) atoms. The van der Waals surface area contributed by atoms with E-state index in [4.69, 9.17) is 5.73 Å². The number of hydrogen-bond donors (Lipinski definition) is 2. The lowest BCUT2D eigenvalue weighted by Gasteiger charge is -2.05. The van der Waals surface area contributed by atoms with E-state index >= 15 is 0 Å². The van der Waals surface area contributed by atoms with E-state index in [9.17, 15) is 8.42 Å². The molecule has 0 radical (unpaired) electrons. The van der Waals surface area contributed by atoms with Crippen molar-refractivity contribution < 1.29 is 8.42 Å². The average molecular weight is 200 g/mol. The summed E-state index contributed by atoms with van der Waals surface area (Å²) >= 11 is 0. The van der Waals surface area contributed by atoms with Gasteiger partial charge in [-0.15, -0.1) is 0 Å². The second kappa shape index (κ2) is 3.26. The van der Waals surface area contributed by atoms with E-state index in [0.29, 0.717) is 11.4 Å². The van der Waals surface area contributed by atoms with Crippen molar-refractivity contribution in [2.24, 2.45) is 0 Å². The van der Waals surface area contributed by atoms with Crippen molar-refractivity contribution in [1.82, 2.24) is 0 Å². The van der Waals surface area contributed by atoms with Gasteiger partial charge in [-0.25, -0.2) is 8.42 Å². The highest BCUT2D eigenvalue weighted by Crippen LogP contribution is 2.17. The van der Waals surface area contributed by atoms with Gasteiger partial charge in [-0.2, -0.15) is 0 Å². The number of rotatable bonds is 2. The van der Waals surface area contributed by atoms with Crippen LogP contribution in [0.5, 0.6) is 0 Å². The van der Waals surface area contributed by atoms with Crippen LogP contribution >= 0.6 is 0 Å². The second-order valence-corrected chi connectivity index (χ2v) is 4.69. The van der Waals surface area contributed by atoms with Gasteiger partial charge in [-0.3, -0.25) is 4.72 Å². The van der Waals surface area contributed by atoms with E-state index in [1.54, 1.807) is 18.2 Å². The van der Waals surface area contributed by atoms with Gasteiger partial charge in [0.05, 0.1) is 11.9 Å². The van der Waals surface area contributed by atoms with Gasteiger partial charge in [-0.1, -0.05) is 6.07 Å². The molecule has 0 saturated heterocycles. The molecule has 0 heterocycles. The molecule has 1 aromatic carbocycles. The van der Waals surface area contributed by atoms with Crippen LogP contribution in [-0.2, 0) is 10.0 Å². The van der Waals surface area contributed by atoms with Gasteiger partial charge in [0.15, 0.2) is 0 Å². The summed E-state index contributed by atoms with van der Waals surface area (Å²) in [5.41, 5.74) is 7.60. The third kappa shape index (κ3) is 2.95. The normalized spacial score (nSPS) is 11.2. The van der Waals surface area contributed by atoms with Crippen LogP contribution in [0.15, 0.2) is 18.2 Å². The van der Waals surface area contributed by atoms with E-state index in [1.807, 2.05) is 6.92 Å². The average Bonchev–Trinajstić information content (AvgIpc) is 1.94. The van der Waals surface area contributed by atoms with E-state index in [1.165, 1.54) is 0 Å². The minimum atomic E-state index is -3.21. The first kappa shape index (κ1) is 9.85. The molecule has 72 valence electrons. The number of aryl methyl sites for hydroxylation is 1. The van der Waals surface area contributed by atoms with Gasteiger partial charge in [0.2, 0.25) is 10.0 Å². The minimum absolute atomic E-state index is 0.491. The Hall–Kier alpha value is -1.23. The lowest BCUT2D eigenvalue weighted by Crippen LogP contribution is -2.09. The van der Waals surface area contributed by atoms with E-state index in [2.05, 4.69) is 4.72 Å². The molecule has 0 bridgehead atoms. The van der Waals surface area contributed by atoms with Crippen molar-refractivity contribution in [3.05, 3.63) is 23.8 Å². The topological polar surface area (TPSA) is 72.2 Å². The van der Waals surface area contributed by atoms with Crippen LogP contribution in [0, 0.1) is 6.92 Å². The Morgan fingerprint density at radius 1 is 1.38 bits per heavy atom. The minimum Gasteiger partial charge on any atom is -0.398 e. The molecule has 0 aliphatic rings. The maximum Gasteiger partial charge on any atom is 0.229 e. The largest absolute Gasteiger partial charge is 0.398 e. The van der Waals surface area contributed by atoms with Gasteiger partial charge in [0.25, 0.3) is 0 Å². The van der Waals surface area contributed by atoms with Gasteiger partial charge < -0.3 is 5.73 Å². The standard InChI is InChI=1S/C8H12N2O2S/c1-6-3-4-7(5-8(6)9)10-13(2,11)12/h3-5,10H,9H2,1-2H3. The van der Waals surface area contributed by atoms with Gasteiger partial charge >= 0.3 is 0 Å². The van der Waals surface area contributed by atoms with Crippen molar-refractivity contribution in [3.63, 3.8) is 0 Å². The summed E-state index contributed by atoms with van der Waals surface area (Å²) in [5, 5.41) is 0. The summed E-state index contributed by atoms with van der Waals surface area (Å²) in [7, 11) is -3.21. The van der Waals surface area contributed by atoms with Crippen molar-refractivity contribution in [3.8, 4) is 0 Å². The van der Waals surface area contributed by atoms with E-state index in [-0.39, 0.29) is 0 Å². The predicted molar refractivity (Wildman–Crippen MR) is 54.1 cm³/mol. The Kier molecular flexibility index (Phi) is 2.47. The maximum absolute atomic E-state index is 10.8. The molecule has 0 atom stereocenters. The van der Waals surface area contributed by atoms with Crippen LogP contribution < -0.4 is 10.5 Å². The highest BCUT2D eigenvalue weighted by molar-refractivity contribution is 7.92. The fourth-order valence-electron chi connectivity index (χ4n) is 0.918. The van der Waals surface area contributed by atoms with Gasteiger partial charge in [0, 0.05) is 5.69 Å². The molecule has 0 aromatic heterocycles. The first-order valence-electron chi connectivity index (χ1n) is 3.72. The first-order valence-corrected chi connectivity index (χ1v) is 5.61. The molecule has 0 aliphatic heterocycles. The molecular weight excluding hydrogens is 188 g/mol. The van der Waals surface area contributed by atoms with E-state index < -0.39 is 10.0 Å². The Morgan fingerprint density at radius 3 is 2.46 bits per heavy atom. The SMILES string of the molecule is Cc1ccc(NS(C)(=O)=O)cc1N. The Labute approximate surface area is 77.8 Å². The second-order valence-electron chi connectivity index (χ2n) is 2.95. The monoisotopic (exact) mass is 200 g/mol. The maximum atomic E-state index is 10.8. The molecule has 3 N–H and O–H groups in total. The molecule has 0 spiro atoms. The number of nitrogens with two attached hydrogens (primary N) is 1. The number of nitrogen functional groups attached to an aromatic ring is 1. The van der Waals surface area contributed by atoms with Gasteiger partial charge in [0.1, 0.15) is 0 Å². The van der Waals surface area contributed by atoms with Crippen LogP contribution in [0.4, 0.5) is 11.4 Å². The van der Waals surface area contributed by atoms with Crippen LogP contribution in [0.2, 0.25) is 0 Å². The zero-order valence-corrected chi connectivity index (χ0v) is 8.35. The molecule has 1 rings (SSSR count). The van der Waals surface area contributed by atoms with Crippen LogP contribution in [0.1, 0.15) is 5.56 Å². The van der Waals surface area contributed by atoms with Crippen molar-refractivity contribution in [2.75, 3.05) is 16.7 Å². The fraction of sp³-hybridized carbons (Fsp3) is 0.250. The summed E-state index contributed by atoms with van der Waals surface area (Å²) in [4.78, 5) is 0. The Bertz CT molecular complexity index is 412. The van der Waals surface area contributed by atoms with E-state index in [0.717, 1.165) is 11.8 Å². The fourth-order valence-corrected chi connectivity index (χ4v) is 1.47. The zero-order valence-electron chi connectivity index (χ0n) is 7.53. The molecule has 1 aromatic rings. The number of benzene rings is 1. The smallest absolute Gasteiger partial charge is 0.229 e. The summed E-state index contributed by atoms with van der Waals surface area (Å²) in [6.07, 6.45) is 1.10. The Morgan fingerprint density at radius 2 is 2.00 bits per heavy atom. The highest BCUT2D eigenvalue weighted by Gasteiger charge is 2.02. The molecular formula is C8H12N2O2S. The highest BCUT2D eigenvalue weighted by atomic mass is 32.2. The molecule has 4 nitrogen and oxygen atoms in total. The lowest BCUT2D eigenvalue weighted by molar-refractivity contribution is 0.607. The number of nitrogens with one attached hydrogen (secondary N) is 1. The molecule has 5 heteroatoms. The predicted octanol–water partition coefficient (Wildman–Crippen LogP) is 0.949. The van der Waals surface area contributed by atoms with Crippen molar-refractivity contribution in [2.45, 2.75) is 6.92 Å². The van der Waals surface area contributed by atoms with Crippen LogP contribution in [-0.4, -0.2) is 14.7 Å². The number of sulfonamides is 1. The third-order valence-electron chi connectivity index (χ3n) is 1.58. The first-order chi connectivity index (χ1) is 5.88. The number of hydrogen-bond acceptors (Lipinski definition) is 3. The molecule has 0 fully saturated rings. The van der Waals surface area contributed by atoms with Gasteiger partial charge in [-0.05, 0) is 24.6 Å². The number of anilines is 2. The summed E-state index contributed by atoms with van der Waals surface area (Å²) in [5.74, 6) is 0. The molecule has 0 aliphatic carbocycles. The summed E-state index contributed by atoms with van der Waals surface area (Å²) < 4.78 is 24.0. The molecule has 0 saturated carbocycles. The Balaban J connectivity index is 2.99. The van der Waals surface area contributed by atoms with Crippen molar-refractivity contribution in [1.29, 1.82) is 0 Å². The quantitative estimate of drug-likeness (QED) is 0.698. The third-order valence-corrected chi connectivity index (χ3v) is 2.19. The zero-order chi connectivity index (χ0) is 10.1. The van der Waals surface area contributed by atoms with Crippen molar-refractivity contribution >= 4 is 21.4 Å². The summed E-state index contributed by atoms with van der Waals surface area (Å²) in [6, 6.07) is 5.03. The lowest BCUT2D eigenvalue weighted by atomic mass is 10.2.